The predicted molar refractivity (Wildman–Crippen MR) is 56.3 cm³/mol. The maximum Gasteiger partial charge on any atom is 0.419 e. The molecule has 1 aliphatic rings. The average molecular weight is 283 g/mol. The third-order valence-corrected chi connectivity index (χ3v) is 3.13. The van der Waals surface area contributed by atoms with Gasteiger partial charge >= 0.3 is 6.18 Å². The molecular weight excluding hydrogens is 272 g/mol. The van der Waals surface area contributed by atoms with E-state index in [-0.39, 0.29) is 5.56 Å². The molecule has 0 bridgehead atoms. The first kappa shape index (κ1) is 14.2. The Bertz CT molecular complexity index is 462. The number of halogens is 6. The van der Waals surface area contributed by atoms with Crippen LogP contribution in [0, 0.1) is 5.82 Å². The van der Waals surface area contributed by atoms with Crippen molar-refractivity contribution >= 4 is 0 Å². The van der Waals surface area contributed by atoms with Gasteiger partial charge in [-0.15, -0.1) is 0 Å². The maximum atomic E-state index is 13.5. The zero-order valence-electron chi connectivity index (χ0n) is 9.70. The van der Waals surface area contributed by atoms with Crippen LogP contribution in [0.1, 0.15) is 42.0 Å². The predicted octanol–water partition coefficient (Wildman–Crippen LogP) is 4.21. The molecule has 1 atom stereocenters. The van der Waals surface area contributed by atoms with Gasteiger partial charge < -0.3 is 5.32 Å². The lowest BCUT2D eigenvalue weighted by molar-refractivity contribution is -0.140. The van der Waals surface area contributed by atoms with Crippen molar-refractivity contribution in [1.29, 1.82) is 0 Å². The highest BCUT2D eigenvalue weighted by Crippen LogP contribution is 2.38. The minimum Gasteiger partial charge on any atom is -0.310 e. The van der Waals surface area contributed by atoms with Crippen molar-refractivity contribution in [3.05, 3.63) is 34.6 Å². The molecule has 1 nitrogen and oxygen atoms in total. The quantitative estimate of drug-likeness (QED) is 0.802. The highest BCUT2D eigenvalue weighted by molar-refractivity contribution is 5.36. The number of hydrogen-bond acceptors (Lipinski definition) is 1. The molecule has 1 aliphatic heterocycles. The van der Waals surface area contributed by atoms with Crippen LogP contribution in [-0.4, -0.2) is 6.54 Å². The van der Waals surface area contributed by atoms with Crippen molar-refractivity contribution in [2.24, 2.45) is 0 Å². The van der Waals surface area contributed by atoms with Crippen LogP contribution in [0.25, 0.3) is 0 Å². The summed E-state index contributed by atoms with van der Waals surface area (Å²) in [6.07, 6.45) is -6.97. The van der Waals surface area contributed by atoms with Crippen LogP contribution in [0.3, 0.4) is 0 Å². The van der Waals surface area contributed by atoms with E-state index in [1.165, 1.54) is 0 Å². The zero-order chi connectivity index (χ0) is 14.2. The smallest absolute Gasteiger partial charge is 0.310 e. The molecule has 0 amide bonds. The summed E-state index contributed by atoms with van der Waals surface area (Å²) in [5, 5.41) is 2.90. The average Bonchev–Trinajstić information content (AvgIpc) is 2.80. The fourth-order valence-electron chi connectivity index (χ4n) is 2.21. The molecule has 1 fully saturated rings. The Hall–Kier alpha value is -1.24. The molecule has 1 heterocycles. The van der Waals surface area contributed by atoms with Gasteiger partial charge in [-0.25, -0.2) is 13.2 Å². The van der Waals surface area contributed by atoms with E-state index in [0.717, 1.165) is 12.5 Å². The van der Waals surface area contributed by atoms with Crippen LogP contribution in [-0.2, 0) is 6.18 Å². The van der Waals surface area contributed by atoms with Gasteiger partial charge in [-0.05, 0) is 37.1 Å². The summed E-state index contributed by atoms with van der Waals surface area (Å²) >= 11 is 0. The third-order valence-electron chi connectivity index (χ3n) is 3.13. The van der Waals surface area contributed by atoms with Crippen LogP contribution in [0.15, 0.2) is 12.1 Å². The standard InChI is InChI=1S/C12H11F6N/c13-10-7(11(14)15)4-6(9-2-1-3-19-9)5-8(10)12(16,17)18/h4-5,9,11,19H,1-3H2/t9-/m0/s1. The van der Waals surface area contributed by atoms with Gasteiger partial charge in [-0.2, -0.15) is 13.2 Å². The van der Waals surface area contributed by atoms with Crippen molar-refractivity contribution in [3.8, 4) is 0 Å². The van der Waals surface area contributed by atoms with E-state index in [0.29, 0.717) is 19.0 Å². The Morgan fingerprint density at radius 2 is 1.89 bits per heavy atom. The highest BCUT2D eigenvalue weighted by atomic mass is 19.4. The molecule has 7 heteroatoms. The summed E-state index contributed by atoms with van der Waals surface area (Å²) < 4.78 is 76.7. The second-order valence-electron chi connectivity index (χ2n) is 4.42. The Morgan fingerprint density at radius 1 is 1.21 bits per heavy atom. The molecule has 0 unspecified atom stereocenters. The number of benzene rings is 1. The first-order chi connectivity index (χ1) is 8.80. The number of rotatable bonds is 2. The first-order valence-electron chi connectivity index (χ1n) is 5.72. The van der Waals surface area contributed by atoms with Crippen LogP contribution >= 0.6 is 0 Å². The van der Waals surface area contributed by atoms with E-state index in [1.807, 2.05) is 0 Å². The summed E-state index contributed by atoms with van der Waals surface area (Å²) in [4.78, 5) is 0. The zero-order valence-corrected chi connectivity index (χ0v) is 9.70. The van der Waals surface area contributed by atoms with Crippen LogP contribution in [0.5, 0.6) is 0 Å². The summed E-state index contributed by atoms with van der Waals surface area (Å²) in [5.74, 6) is -1.88. The third kappa shape index (κ3) is 2.86. The topological polar surface area (TPSA) is 12.0 Å². The number of nitrogens with one attached hydrogen (secondary N) is 1. The summed E-state index contributed by atoms with van der Waals surface area (Å²) in [6, 6.07) is 1.00. The van der Waals surface area contributed by atoms with E-state index in [1.54, 1.807) is 0 Å². The van der Waals surface area contributed by atoms with Crippen molar-refractivity contribution in [3.63, 3.8) is 0 Å². The lowest BCUT2D eigenvalue weighted by Crippen LogP contribution is -2.17. The molecule has 0 aliphatic carbocycles. The van der Waals surface area contributed by atoms with Gasteiger partial charge in [0.25, 0.3) is 6.43 Å². The van der Waals surface area contributed by atoms with Crippen molar-refractivity contribution in [1.82, 2.24) is 5.32 Å². The highest BCUT2D eigenvalue weighted by Gasteiger charge is 2.37. The molecule has 0 saturated carbocycles. The second kappa shape index (κ2) is 5.03. The molecule has 0 aromatic heterocycles. The molecule has 1 aromatic rings. The lowest BCUT2D eigenvalue weighted by Gasteiger charge is -2.17. The Labute approximate surface area is 105 Å². The monoisotopic (exact) mass is 283 g/mol. The van der Waals surface area contributed by atoms with Crippen molar-refractivity contribution in [2.75, 3.05) is 6.54 Å². The molecule has 1 N–H and O–H groups in total. The molecule has 106 valence electrons. The number of hydrogen-bond donors (Lipinski definition) is 1. The fraction of sp³-hybridized carbons (Fsp3) is 0.500. The normalized spacial score (nSPS) is 20.3. The Balaban J connectivity index is 2.53. The van der Waals surface area contributed by atoms with Crippen molar-refractivity contribution < 1.29 is 26.3 Å². The van der Waals surface area contributed by atoms with Crippen LogP contribution in [0.4, 0.5) is 26.3 Å². The SMILES string of the molecule is Fc1c(C(F)F)cc([C@@H]2CCCN2)cc1C(F)(F)F. The molecule has 2 rings (SSSR count). The Morgan fingerprint density at radius 3 is 2.37 bits per heavy atom. The summed E-state index contributed by atoms with van der Waals surface area (Å²) in [6.45, 7) is 0.605. The van der Waals surface area contributed by atoms with Crippen molar-refractivity contribution in [2.45, 2.75) is 31.5 Å². The molecule has 19 heavy (non-hydrogen) atoms. The first-order valence-corrected chi connectivity index (χ1v) is 5.72. The largest absolute Gasteiger partial charge is 0.419 e. The van der Waals surface area contributed by atoms with E-state index < -0.39 is 35.6 Å². The van der Waals surface area contributed by atoms with Gasteiger partial charge in [0.1, 0.15) is 5.82 Å². The molecule has 1 saturated heterocycles. The van der Waals surface area contributed by atoms with E-state index >= 15 is 0 Å². The van der Waals surface area contributed by atoms with E-state index in [4.69, 9.17) is 0 Å². The van der Waals surface area contributed by atoms with E-state index in [2.05, 4.69) is 5.32 Å². The maximum absolute atomic E-state index is 13.5. The van der Waals surface area contributed by atoms with Gasteiger partial charge in [-0.1, -0.05) is 0 Å². The van der Waals surface area contributed by atoms with Crippen LogP contribution < -0.4 is 5.32 Å². The van der Waals surface area contributed by atoms with Crippen LogP contribution in [0.2, 0.25) is 0 Å². The van der Waals surface area contributed by atoms with Gasteiger partial charge in [0.05, 0.1) is 11.1 Å². The summed E-state index contributed by atoms with van der Waals surface area (Å²) in [5.41, 5.74) is -2.77. The fourth-order valence-corrected chi connectivity index (χ4v) is 2.21. The van der Waals surface area contributed by atoms with Gasteiger partial charge in [-0.3, -0.25) is 0 Å². The molecular formula is C12H11F6N. The minimum absolute atomic E-state index is 0.0570. The van der Waals surface area contributed by atoms with Gasteiger partial charge in [0.2, 0.25) is 0 Å². The number of alkyl halides is 5. The summed E-state index contributed by atoms with van der Waals surface area (Å²) in [7, 11) is 0. The van der Waals surface area contributed by atoms with Gasteiger partial charge in [0.15, 0.2) is 0 Å². The molecule has 1 aromatic carbocycles. The Kier molecular flexibility index (Phi) is 3.75. The second-order valence-corrected chi connectivity index (χ2v) is 4.42. The van der Waals surface area contributed by atoms with E-state index in [9.17, 15) is 26.3 Å². The molecule has 0 radical (unpaired) electrons. The lowest BCUT2D eigenvalue weighted by atomic mass is 9.98. The minimum atomic E-state index is -4.98. The van der Waals surface area contributed by atoms with Gasteiger partial charge in [0, 0.05) is 6.04 Å². The molecule has 0 spiro atoms.